The topological polar surface area (TPSA) is 12.0 Å². The fourth-order valence-corrected chi connectivity index (χ4v) is 2.26. The highest BCUT2D eigenvalue weighted by Gasteiger charge is 2.03. The molecule has 0 heterocycles. The van der Waals surface area contributed by atoms with Gasteiger partial charge in [0.25, 0.3) is 0 Å². The van der Waals surface area contributed by atoms with Crippen LogP contribution in [0.3, 0.4) is 0 Å². The molecule has 2 aromatic carbocycles. The Hall–Kier alpha value is -1.45. The predicted molar refractivity (Wildman–Crippen MR) is 78.0 cm³/mol. The van der Waals surface area contributed by atoms with Gasteiger partial charge in [0.05, 0.1) is 0 Å². The van der Waals surface area contributed by atoms with E-state index < -0.39 is 0 Å². The quantitative estimate of drug-likeness (QED) is 0.813. The molecule has 1 nitrogen and oxygen atoms in total. The minimum Gasteiger partial charge on any atom is -0.312 e. The standard InChI is InChI=1S/C16H16ClF2N/c1-11-8-15(18)4-2-12(11)6-7-20-10-13-9-14(17)3-5-16(13)19/h2-5,8-9,20H,6-7,10H2,1H3. The fraction of sp³-hybridized carbons (Fsp3) is 0.250. The molecule has 0 saturated carbocycles. The van der Waals surface area contributed by atoms with Gasteiger partial charge in [0, 0.05) is 17.1 Å². The lowest BCUT2D eigenvalue weighted by atomic mass is 10.1. The lowest BCUT2D eigenvalue weighted by Crippen LogP contribution is -2.17. The third-order valence-corrected chi connectivity index (χ3v) is 3.43. The number of aryl methyl sites for hydroxylation is 1. The van der Waals surface area contributed by atoms with Crippen LogP contribution in [-0.2, 0) is 13.0 Å². The van der Waals surface area contributed by atoms with E-state index in [0.717, 1.165) is 17.5 Å². The zero-order valence-electron chi connectivity index (χ0n) is 11.2. The van der Waals surface area contributed by atoms with E-state index in [1.165, 1.54) is 24.3 Å². The highest BCUT2D eigenvalue weighted by molar-refractivity contribution is 6.30. The second kappa shape index (κ2) is 6.82. The van der Waals surface area contributed by atoms with Gasteiger partial charge < -0.3 is 5.32 Å². The molecule has 0 aliphatic carbocycles. The van der Waals surface area contributed by atoms with Gasteiger partial charge in [0.1, 0.15) is 11.6 Å². The molecule has 0 atom stereocenters. The predicted octanol–water partition coefficient (Wildman–Crippen LogP) is 4.26. The Balaban J connectivity index is 1.86. The number of nitrogens with one attached hydrogen (secondary N) is 1. The van der Waals surface area contributed by atoms with E-state index in [4.69, 9.17) is 11.6 Å². The van der Waals surface area contributed by atoms with Crippen molar-refractivity contribution in [1.29, 1.82) is 0 Å². The Labute approximate surface area is 122 Å². The van der Waals surface area contributed by atoms with Gasteiger partial charge in [-0.2, -0.15) is 0 Å². The maximum Gasteiger partial charge on any atom is 0.127 e. The summed E-state index contributed by atoms with van der Waals surface area (Å²) >= 11 is 5.83. The van der Waals surface area contributed by atoms with Crippen LogP contribution in [0.15, 0.2) is 36.4 Å². The number of halogens is 3. The van der Waals surface area contributed by atoms with Crippen molar-refractivity contribution in [2.45, 2.75) is 19.9 Å². The monoisotopic (exact) mass is 295 g/mol. The third-order valence-electron chi connectivity index (χ3n) is 3.20. The summed E-state index contributed by atoms with van der Waals surface area (Å²) in [7, 11) is 0. The second-order valence-electron chi connectivity index (χ2n) is 4.73. The van der Waals surface area contributed by atoms with E-state index in [1.807, 2.05) is 6.92 Å². The normalized spacial score (nSPS) is 10.8. The van der Waals surface area contributed by atoms with E-state index >= 15 is 0 Å². The molecule has 0 radical (unpaired) electrons. The smallest absolute Gasteiger partial charge is 0.127 e. The molecule has 2 rings (SSSR count). The minimum atomic E-state index is -0.264. The lowest BCUT2D eigenvalue weighted by molar-refractivity contribution is 0.588. The summed E-state index contributed by atoms with van der Waals surface area (Å²) in [5.74, 6) is -0.486. The summed E-state index contributed by atoms with van der Waals surface area (Å²) in [6, 6.07) is 9.27. The summed E-state index contributed by atoms with van der Waals surface area (Å²) in [5.41, 5.74) is 2.57. The van der Waals surface area contributed by atoms with Crippen molar-refractivity contribution in [2.24, 2.45) is 0 Å². The SMILES string of the molecule is Cc1cc(F)ccc1CCNCc1cc(Cl)ccc1F. The summed E-state index contributed by atoms with van der Waals surface area (Å²) in [4.78, 5) is 0. The molecule has 0 aliphatic rings. The molecule has 2 aromatic rings. The summed E-state index contributed by atoms with van der Waals surface area (Å²) in [6.07, 6.45) is 0.772. The molecular formula is C16H16ClF2N. The summed E-state index contributed by atoms with van der Waals surface area (Å²) < 4.78 is 26.5. The van der Waals surface area contributed by atoms with Crippen LogP contribution in [0, 0.1) is 18.6 Å². The van der Waals surface area contributed by atoms with E-state index in [-0.39, 0.29) is 11.6 Å². The average Bonchev–Trinajstić information content (AvgIpc) is 2.40. The van der Waals surface area contributed by atoms with Gasteiger partial charge in [-0.3, -0.25) is 0 Å². The highest BCUT2D eigenvalue weighted by atomic mass is 35.5. The number of hydrogen-bond acceptors (Lipinski definition) is 1. The zero-order chi connectivity index (χ0) is 14.5. The number of benzene rings is 2. The first-order valence-electron chi connectivity index (χ1n) is 6.46. The molecule has 0 spiro atoms. The Morgan fingerprint density at radius 2 is 1.85 bits per heavy atom. The van der Waals surface area contributed by atoms with Crippen molar-refractivity contribution in [1.82, 2.24) is 5.32 Å². The van der Waals surface area contributed by atoms with E-state index in [1.54, 1.807) is 12.1 Å². The molecule has 0 amide bonds. The largest absolute Gasteiger partial charge is 0.312 e. The van der Waals surface area contributed by atoms with Crippen LogP contribution >= 0.6 is 11.6 Å². The molecule has 0 aromatic heterocycles. The molecular weight excluding hydrogens is 280 g/mol. The van der Waals surface area contributed by atoms with Gasteiger partial charge in [0.2, 0.25) is 0 Å². The van der Waals surface area contributed by atoms with Gasteiger partial charge >= 0.3 is 0 Å². The molecule has 20 heavy (non-hydrogen) atoms. The Kier molecular flexibility index (Phi) is 5.10. The van der Waals surface area contributed by atoms with Crippen LogP contribution in [0.5, 0.6) is 0 Å². The zero-order valence-corrected chi connectivity index (χ0v) is 12.0. The van der Waals surface area contributed by atoms with E-state index in [9.17, 15) is 8.78 Å². The van der Waals surface area contributed by atoms with Crippen molar-refractivity contribution in [3.8, 4) is 0 Å². The van der Waals surface area contributed by atoms with E-state index in [2.05, 4.69) is 5.32 Å². The first-order valence-corrected chi connectivity index (χ1v) is 6.84. The van der Waals surface area contributed by atoms with Gasteiger partial charge in [-0.1, -0.05) is 17.7 Å². The first-order chi connectivity index (χ1) is 9.56. The summed E-state index contributed by atoms with van der Waals surface area (Å²) in [6.45, 7) is 3.00. The van der Waals surface area contributed by atoms with Crippen molar-refractivity contribution in [2.75, 3.05) is 6.54 Å². The van der Waals surface area contributed by atoms with Crippen LogP contribution in [0.2, 0.25) is 5.02 Å². The second-order valence-corrected chi connectivity index (χ2v) is 5.17. The molecule has 0 fully saturated rings. The van der Waals surface area contributed by atoms with Gasteiger partial charge in [-0.15, -0.1) is 0 Å². The fourth-order valence-electron chi connectivity index (χ4n) is 2.06. The van der Waals surface area contributed by atoms with Crippen molar-refractivity contribution in [3.05, 3.63) is 69.7 Å². The molecule has 1 N–H and O–H groups in total. The Morgan fingerprint density at radius 1 is 1.05 bits per heavy atom. The van der Waals surface area contributed by atoms with Crippen molar-refractivity contribution < 1.29 is 8.78 Å². The minimum absolute atomic E-state index is 0.222. The molecule has 4 heteroatoms. The van der Waals surface area contributed by atoms with Crippen LogP contribution < -0.4 is 5.32 Å². The molecule has 106 valence electrons. The third kappa shape index (κ3) is 4.02. The van der Waals surface area contributed by atoms with Crippen LogP contribution in [0.25, 0.3) is 0 Å². The lowest BCUT2D eigenvalue weighted by Gasteiger charge is -2.08. The Bertz CT molecular complexity index is 599. The number of rotatable bonds is 5. The highest BCUT2D eigenvalue weighted by Crippen LogP contribution is 2.15. The van der Waals surface area contributed by atoms with Crippen LogP contribution in [-0.4, -0.2) is 6.54 Å². The van der Waals surface area contributed by atoms with Crippen LogP contribution in [0.1, 0.15) is 16.7 Å². The molecule has 0 bridgehead atoms. The van der Waals surface area contributed by atoms with Crippen molar-refractivity contribution >= 4 is 11.6 Å². The van der Waals surface area contributed by atoms with Crippen molar-refractivity contribution in [3.63, 3.8) is 0 Å². The van der Waals surface area contributed by atoms with Gasteiger partial charge in [0.15, 0.2) is 0 Å². The molecule has 0 unspecified atom stereocenters. The summed E-state index contributed by atoms with van der Waals surface area (Å²) in [5, 5.41) is 3.69. The maximum absolute atomic E-state index is 13.5. The molecule has 0 saturated heterocycles. The van der Waals surface area contributed by atoms with Gasteiger partial charge in [-0.25, -0.2) is 8.78 Å². The van der Waals surface area contributed by atoms with Crippen LogP contribution in [0.4, 0.5) is 8.78 Å². The Morgan fingerprint density at radius 3 is 2.60 bits per heavy atom. The maximum atomic E-state index is 13.5. The number of hydrogen-bond donors (Lipinski definition) is 1. The average molecular weight is 296 g/mol. The van der Waals surface area contributed by atoms with E-state index in [0.29, 0.717) is 23.7 Å². The van der Waals surface area contributed by atoms with Gasteiger partial charge in [-0.05, 0) is 61.3 Å². The molecule has 0 aliphatic heterocycles. The first kappa shape index (κ1) is 14.9.